The number of carboxylic acids is 4. The van der Waals surface area contributed by atoms with Gasteiger partial charge in [-0.25, -0.2) is 0 Å². The minimum absolute atomic E-state index is 0.0703. The van der Waals surface area contributed by atoms with Crippen LogP contribution < -0.4 is 0 Å². The van der Waals surface area contributed by atoms with Crippen molar-refractivity contribution in [1.29, 1.82) is 0 Å². The summed E-state index contributed by atoms with van der Waals surface area (Å²) in [7, 11) is -2.87. The summed E-state index contributed by atoms with van der Waals surface area (Å²) in [5.74, 6) is -4.91. The van der Waals surface area contributed by atoms with Crippen LogP contribution in [0.4, 0.5) is 0 Å². The molecule has 0 unspecified atom stereocenters. The van der Waals surface area contributed by atoms with E-state index in [1.807, 2.05) is 0 Å². The molecule has 0 atom stereocenters. The Kier molecular flexibility index (Phi) is 13.3. The lowest BCUT2D eigenvalue weighted by atomic mass is 10.4. The maximum Gasteiger partial charge on any atom is 0.692 e. The van der Waals surface area contributed by atoms with Gasteiger partial charge in [0.25, 0.3) is 0 Å². The van der Waals surface area contributed by atoms with Crippen LogP contribution in [-0.2, 0) is 23.7 Å². The third-order valence-electron chi connectivity index (χ3n) is 2.17. The molecule has 0 aromatic heterocycles. The maximum atomic E-state index is 10.6. The summed E-state index contributed by atoms with van der Waals surface area (Å²) in [4.78, 5) is 58.6. The van der Waals surface area contributed by atoms with Crippen LogP contribution in [0.25, 0.3) is 0 Å². The van der Waals surface area contributed by atoms with Gasteiger partial charge in [-0.2, -0.15) is 0 Å². The van der Waals surface area contributed by atoms with Gasteiger partial charge in [0.1, 0.15) is 0 Å². The van der Waals surface area contributed by atoms with E-state index in [0.29, 0.717) is 0 Å². The average Bonchev–Trinajstić information content (AvgIpc) is 2.32. The molecule has 0 heterocycles. The van der Waals surface area contributed by atoms with Crippen LogP contribution in [0.15, 0.2) is 0 Å². The van der Waals surface area contributed by atoms with Crippen molar-refractivity contribution in [2.24, 2.45) is 0 Å². The second-order valence-corrected chi connectivity index (χ2v) is 4.75. The molecule has 0 saturated carbocycles. The van der Waals surface area contributed by atoms with Crippen molar-refractivity contribution in [2.45, 2.75) is 0 Å². The van der Waals surface area contributed by atoms with E-state index in [1.165, 1.54) is 0 Å². The first-order valence-electron chi connectivity index (χ1n) is 6.11. The van der Waals surface area contributed by atoms with Crippen molar-refractivity contribution >= 4 is 32.1 Å². The van der Waals surface area contributed by atoms with Gasteiger partial charge in [0.2, 0.25) is 0 Å². The van der Waals surface area contributed by atoms with Gasteiger partial charge in [0.15, 0.2) is 0 Å². The van der Waals surface area contributed by atoms with E-state index >= 15 is 0 Å². The Balaban J connectivity index is 0. The molecule has 0 aromatic rings. The molecule has 138 valence electrons. The van der Waals surface area contributed by atoms with Gasteiger partial charge in [0, 0.05) is 17.7 Å². The van der Waals surface area contributed by atoms with Crippen LogP contribution in [0, 0.1) is 0 Å². The molecule has 0 rings (SSSR count). The van der Waals surface area contributed by atoms with Crippen LogP contribution >= 0.6 is 8.25 Å². The highest BCUT2D eigenvalue weighted by Gasteiger charge is 2.17. The zero-order chi connectivity index (χ0) is 19.3. The van der Waals surface area contributed by atoms with Crippen molar-refractivity contribution in [3.63, 3.8) is 0 Å². The highest BCUT2D eigenvalue weighted by atomic mass is 31.1. The fourth-order valence-corrected chi connectivity index (χ4v) is 1.48. The quantitative estimate of drug-likeness (QED) is 0.208. The molecule has 6 N–H and O–H groups in total. The van der Waals surface area contributed by atoms with E-state index in [2.05, 4.69) is 0 Å². The van der Waals surface area contributed by atoms with E-state index in [4.69, 9.17) is 34.8 Å². The van der Waals surface area contributed by atoms with Crippen molar-refractivity contribution in [1.82, 2.24) is 9.80 Å². The highest BCUT2D eigenvalue weighted by molar-refractivity contribution is 7.30. The zero-order valence-corrected chi connectivity index (χ0v) is 13.2. The average molecular weight is 373 g/mol. The van der Waals surface area contributed by atoms with Gasteiger partial charge in [0.05, 0.1) is 26.2 Å². The molecule has 0 spiro atoms. The molecular weight excluding hydrogens is 355 g/mol. The second-order valence-electron chi connectivity index (χ2n) is 4.25. The Morgan fingerprint density at radius 1 is 0.625 bits per heavy atom. The zero-order valence-electron chi connectivity index (χ0n) is 12.3. The van der Waals surface area contributed by atoms with Crippen molar-refractivity contribution in [3.05, 3.63) is 0 Å². The third kappa shape index (κ3) is 19.8. The Morgan fingerprint density at radius 2 is 0.792 bits per heavy atom. The summed E-state index contributed by atoms with van der Waals surface area (Å²) in [6, 6.07) is 0. The molecule has 0 amide bonds. The molecule has 0 aliphatic carbocycles. The molecule has 24 heavy (non-hydrogen) atoms. The van der Waals surface area contributed by atoms with Crippen LogP contribution in [0.1, 0.15) is 0 Å². The summed E-state index contributed by atoms with van der Waals surface area (Å²) in [6.07, 6.45) is 0. The number of rotatable bonds is 11. The minimum atomic E-state index is -2.87. The SMILES string of the molecule is O=C(O)CN(CCN(CC(=O)O)CC(=O)O)CC(=O)O.O=[P+](O)O. The third-order valence-corrected chi connectivity index (χ3v) is 2.17. The van der Waals surface area contributed by atoms with Crippen LogP contribution in [-0.4, -0.2) is 103 Å². The van der Waals surface area contributed by atoms with Crippen LogP contribution in [0.5, 0.6) is 0 Å². The molecule has 0 fully saturated rings. The van der Waals surface area contributed by atoms with Gasteiger partial charge in [-0.3, -0.25) is 29.0 Å². The summed E-state index contributed by atoms with van der Waals surface area (Å²) < 4.78 is 8.70. The molecule has 0 aromatic carbocycles. The van der Waals surface area contributed by atoms with Crippen LogP contribution in [0.2, 0.25) is 0 Å². The molecule has 0 saturated heterocycles. The Hall–Kier alpha value is -2.18. The van der Waals surface area contributed by atoms with Crippen LogP contribution in [0.3, 0.4) is 0 Å². The fraction of sp³-hybridized carbons (Fsp3) is 0.600. The Labute approximate surface area is 136 Å². The lowest BCUT2D eigenvalue weighted by molar-refractivity contribution is -0.145. The molecular formula is C10H18N2O11P+. The van der Waals surface area contributed by atoms with Gasteiger partial charge in [-0.1, -0.05) is 0 Å². The fourth-order valence-electron chi connectivity index (χ4n) is 1.48. The molecule has 0 bridgehead atoms. The largest absolute Gasteiger partial charge is 0.692 e. The normalized spacial score (nSPS) is 10.0. The van der Waals surface area contributed by atoms with Crippen molar-refractivity contribution < 1.29 is 54.0 Å². The first-order chi connectivity index (χ1) is 10.9. The highest BCUT2D eigenvalue weighted by Crippen LogP contribution is 1.98. The first-order valence-corrected chi connectivity index (χ1v) is 7.27. The summed E-state index contributed by atoms with van der Waals surface area (Å²) in [6.45, 7) is -2.25. The predicted octanol–water partition coefficient (Wildman–Crippen LogP) is -2.44. The monoisotopic (exact) mass is 373 g/mol. The number of hydrogen-bond donors (Lipinski definition) is 6. The topological polar surface area (TPSA) is 213 Å². The van der Waals surface area contributed by atoms with Gasteiger partial charge in [-0.05, 0) is 0 Å². The molecule has 0 radical (unpaired) electrons. The van der Waals surface area contributed by atoms with E-state index < -0.39 is 58.3 Å². The standard InChI is InChI=1S/C10H16N2O8.HO3P/c13-7(14)3-11(4-8(15)16)1-2-12(5-9(17)18)6-10(19)20;1-4(2)3/h1-6H2,(H,13,14)(H,15,16)(H,17,18)(H,19,20);(H-,1,2,3)/p+1. The number of hydrogen-bond acceptors (Lipinski definition) is 7. The molecule has 13 nitrogen and oxygen atoms in total. The molecule has 0 aliphatic rings. The van der Waals surface area contributed by atoms with Gasteiger partial charge >= 0.3 is 32.1 Å². The Morgan fingerprint density at radius 3 is 0.917 bits per heavy atom. The van der Waals surface area contributed by atoms with E-state index in [-0.39, 0.29) is 13.1 Å². The Bertz CT molecular complexity index is 398. The van der Waals surface area contributed by atoms with Gasteiger partial charge < -0.3 is 20.4 Å². The molecule has 14 heteroatoms. The number of aliphatic carboxylic acids is 4. The maximum absolute atomic E-state index is 10.6. The lowest BCUT2D eigenvalue weighted by Gasteiger charge is -2.23. The van der Waals surface area contributed by atoms with E-state index in [1.54, 1.807) is 0 Å². The van der Waals surface area contributed by atoms with E-state index in [9.17, 15) is 19.2 Å². The number of carboxylic acid groups (broad SMARTS) is 4. The van der Waals surface area contributed by atoms with Crippen molar-refractivity contribution in [3.8, 4) is 0 Å². The first kappa shape index (κ1) is 24.1. The van der Waals surface area contributed by atoms with Crippen molar-refractivity contribution in [2.75, 3.05) is 39.3 Å². The molecule has 0 aliphatic heterocycles. The second kappa shape index (κ2) is 13.3. The summed E-state index contributed by atoms with van der Waals surface area (Å²) in [5.41, 5.74) is 0. The van der Waals surface area contributed by atoms with E-state index in [0.717, 1.165) is 9.80 Å². The summed E-state index contributed by atoms with van der Waals surface area (Å²) in [5, 5.41) is 34.5. The smallest absolute Gasteiger partial charge is 0.480 e. The minimum Gasteiger partial charge on any atom is -0.480 e. The number of carbonyl (C=O) groups is 4. The predicted molar refractivity (Wildman–Crippen MR) is 75.5 cm³/mol. The summed E-state index contributed by atoms with van der Waals surface area (Å²) >= 11 is 0. The van der Waals surface area contributed by atoms with Gasteiger partial charge in [-0.15, -0.1) is 9.79 Å². The lowest BCUT2D eigenvalue weighted by Crippen LogP contribution is -2.43. The number of nitrogens with zero attached hydrogens (tertiary/aromatic N) is 2.